The van der Waals surface area contributed by atoms with E-state index in [-0.39, 0.29) is 12.6 Å². The van der Waals surface area contributed by atoms with E-state index in [0.29, 0.717) is 5.92 Å². The van der Waals surface area contributed by atoms with Gasteiger partial charge in [0.1, 0.15) is 0 Å². The molecular weight excluding hydrogens is 170 g/mol. The van der Waals surface area contributed by atoms with Gasteiger partial charge in [-0.2, -0.15) is 0 Å². The number of rotatable bonds is 1. The Balaban J connectivity index is 0.000000252. The van der Waals surface area contributed by atoms with Crippen LogP contribution in [0.25, 0.3) is 0 Å². The molecule has 4 nitrogen and oxygen atoms in total. The molecule has 0 radical (unpaired) electrons. The summed E-state index contributed by atoms with van der Waals surface area (Å²) in [5.74, 6) is -0.409. The average Bonchev–Trinajstić information content (AvgIpc) is 2.11. The third kappa shape index (κ3) is 6.54. The maximum absolute atomic E-state index is 9.24. The van der Waals surface area contributed by atoms with E-state index in [0.717, 1.165) is 6.42 Å². The van der Waals surface area contributed by atoms with Crippen molar-refractivity contribution in [2.45, 2.75) is 38.7 Å². The Morgan fingerprint density at radius 2 is 1.92 bits per heavy atom. The van der Waals surface area contributed by atoms with Crippen molar-refractivity contribution in [2.75, 3.05) is 6.54 Å². The Morgan fingerprint density at radius 3 is 2.15 bits per heavy atom. The largest absolute Gasteiger partial charge is 0.480 e. The average molecular weight is 189 g/mol. The highest BCUT2D eigenvalue weighted by Crippen LogP contribution is 2.22. The maximum atomic E-state index is 9.24. The van der Waals surface area contributed by atoms with Gasteiger partial charge in [-0.1, -0.05) is 19.8 Å². The lowest BCUT2D eigenvalue weighted by atomic mass is 9.88. The summed E-state index contributed by atoms with van der Waals surface area (Å²) in [4.78, 5) is 9.24. The number of carboxylic acids is 1. The molecule has 2 atom stereocenters. The predicted molar refractivity (Wildman–Crippen MR) is 50.3 cm³/mol. The normalized spacial score (nSPS) is 27.3. The summed E-state index contributed by atoms with van der Waals surface area (Å²) in [7, 11) is 0. The van der Waals surface area contributed by atoms with Crippen LogP contribution < -0.4 is 5.73 Å². The van der Waals surface area contributed by atoms with Crippen LogP contribution in [0.1, 0.15) is 32.6 Å². The zero-order chi connectivity index (χ0) is 10.3. The van der Waals surface area contributed by atoms with E-state index in [1.54, 1.807) is 0 Å². The minimum atomic E-state index is -0.968. The Hall–Kier alpha value is -0.610. The molecule has 4 N–H and O–H groups in total. The number of aliphatic carboxylic acids is 1. The van der Waals surface area contributed by atoms with Gasteiger partial charge in [0.25, 0.3) is 0 Å². The molecule has 78 valence electrons. The van der Waals surface area contributed by atoms with Gasteiger partial charge in [-0.15, -0.1) is 0 Å². The summed E-state index contributed by atoms with van der Waals surface area (Å²) >= 11 is 0. The van der Waals surface area contributed by atoms with Gasteiger partial charge in [-0.3, -0.25) is 4.79 Å². The molecule has 0 aromatic carbocycles. The molecule has 1 saturated carbocycles. The van der Waals surface area contributed by atoms with Crippen molar-refractivity contribution in [3.05, 3.63) is 0 Å². The molecule has 0 saturated heterocycles. The van der Waals surface area contributed by atoms with Crippen molar-refractivity contribution < 1.29 is 15.0 Å². The number of carbonyl (C=O) groups is 1. The quantitative estimate of drug-likeness (QED) is 0.563. The Morgan fingerprint density at radius 1 is 1.46 bits per heavy atom. The fraction of sp³-hybridized carbons (Fsp3) is 0.889. The van der Waals surface area contributed by atoms with E-state index in [9.17, 15) is 9.90 Å². The third-order valence-corrected chi connectivity index (χ3v) is 2.24. The van der Waals surface area contributed by atoms with Crippen molar-refractivity contribution >= 4 is 5.97 Å². The second-order valence-corrected chi connectivity index (χ2v) is 3.43. The number of aliphatic hydroxyl groups is 1. The molecule has 4 heteroatoms. The Bertz CT molecular complexity index is 140. The van der Waals surface area contributed by atoms with Crippen LogP contribution in [0.4, 0.5) is 0 Å². The van der Waals surface area contributed by atoms with Gasteiger partial charge in [0.15, 0.2) is 0 Å². The summed E-state index contributed by atoms with van der Waals surface area (Å²) in [6, 6.07) is 0. The summed E-state index contributed by atoms with van der Waals surface area (Å²) in [6.45, 7) is 1.85. The summed E-state index contributed by atoms with van der Waals surface area (Å²) in [5.41, 5.74) is 4.57. The summed E-state index contributed by atoms with van der Waals surface area (Å²) in [6.07, 6.45) is 4.80. The number of nitrogens with two attached hydrogens (primary N) is 1. The fourth-order valence-electron chi connectivity index (χ4n) is 1.30. The molecule has 13 heavy (non-hydrogen) atoms. The number of aliphatic hydroxyl groups excluding tert-OH is 1. The first-order valence-electron chi connectivity index (χ1n) is 4.67. The van der Waals surface area contributed by atoms with Crippen molar-refractivity contribution in [1.82, 2.24) is 0 Å². The molecule has 1 aliphatic carbocycles. The van der Waals surface area contributed by atoms with Gasteiger partial charge in [0.05, 0.1) is 12.6 Å². The number of hydrogen-bond acceptors (Lipinski definition) is 3. The van der Waals surface area contributed by atoms with Crippen LogP contribution in [0, 0.1) is 5.92 Å². The first kappa shape index (κ1) is 12.4. The highest BCUT2D eigenvalue weighted by Gasteiger charge is 2.17. The highest BCUT2D eigenvalue weighted by atomic mass is 16.4. The zero-order valence-corrected chi connectivity index (χ0v) is 8.07. The molecule has 0 aliphatic heterocycles. The van der Waals surface area contributed by atoms with Crippen molar-refractivity contribution in [3.8, 4) is 0 Å². The van der Waals surface area contributed by atoms with Crippen LogP contribution in [-0.2, 0) is 4.79 Å². The second kappa shape index (κ2) is 6.86. The zero-order valence-electron chi connectivity index (χ0n) is 8.07. The topological polar surface area (TPSA) is 83.5 Å². The first-order chi connectivity index (χ1) is 6.07. The van der Waals surface area contributed by atoms with E-state index in [2.05, 4.69) is 12.7 Å². The molecule has 1 fully saturated rings. The molecular formula is C9H19NO3. The van der Waals surface area contributed by atoms with Crippen LogP contribution in [0.3, 0.4) is 0 Å². The van der Waals surface area contributed by atoms with Gasteiger partial charge in [0.2, 0.25) is 0 Å². The van der Waals surface area contributed by atoms with E-state index >= 15 is 0 Å². The standard InChI is InChI=1S/C7H14O.C2H5NO2/c1-6-4-2-3-5-7(6)8;3-1-2(4)5/h6-8H,2-5H2,1H3;1,3H2,(H,4,5). The van der Waals surface area contributed by atoms with Crippen LogP contribution >= 0.6 is 0 Å². The van der Waals surface area contributed by atoms with Gasteiger partial charge in [-0.25, -0.2) is 0 Å². The lowest BCUT2D eigenvalue weighted by molar-refractivity contribution is -0.135. The van der Waals surface area contributed by atoms with Crippen molar-refractivity contribution in [3.63, 3.8) is 0 Å². The Kier molecular flexibility index (Phi) is 6.54. The van der Waals surface area contributed by atoms with Crippen LogP contribution in [0.2, 0.25) is 0 Å². The first-order valence-corrected chi connectivity index (χ1v) is 4.67. The summed E-state index contributed by atoms with van der Waals surface area (Å²) < 4.78 is 0. The Labute approximate surface area is 78.7 Å². The lowest BCUT2D eigenvalue weighted by Crippen LogP contribution is -2.21. The minimum absolute atomic E-state index is 0.00347. The van der Waals surface area contributed by atoms with E-state index in [1.165, 1.54) is 19.3 Å². The monoisotopic (exact) mass is 189 g/mol. The molecule has 0 bridgehead atoms. The molecule has 1 rings (SSSR count). The molecule has 0 spiro atoms. The van der Waals surface area contributed by atoms with E-state index < -0.39 is 5.97 Å². The second-order valence-electron chi connectivity index (χ2n) is 3.43. The van der Waals surface area contributed by atoms with Crippen LogP contribution in [0.15, 0.2) is 0 Å². The van der Waals surface area contributed by atoms with Gasteiger partial charge >= 0.3 is 5.97 Å². The van der Waals surface area contributed by atoms with Crippen molar-refractivity contribution in [1.29, 1.82) is 0 Å². The van der Waals surface area contributed by atoms with Crippen LogP contribution in [-0.4, -0.2) is 28.8 Å². The maximum Gasteiger partial charge on any atom is 0.317 e. The lowest BCUT2D eigenvalue weighted by Gasteiger charge is -2.23. The van der Waals surface area contributed by atoms with Gasteiger partial charge < -0.3 is 15.9 Å². The predicted octanol–water partition coefficient (Wildman–Crippen LogP) is 0.587. The highest BCUT2D eigenvalue weighted by molar-refractivity contribution is 5.68. The number of hydrogen-bond donors (Lipinski definition) is 3. The summed E-state index contributed by atoms with van der Waals surface area (Å²) in [5, 5.41) is 16.8. The third-order valence-electron chi connectivity index (χ3n) is 2.24. The van der Waals surface area contributed by atoms with E-state index in [1.807, 2.05) is 0 Å². The molecule has 2 unspecified atom stereocenters. The molecule has 0 aromatic rings. The minimum Gasteiger partial charge on any atom is -0.480 e. The van der Waals surface area contributed by atoms with Crippen LogP contribution in [0.5, 0.6) is 0 Å². The molecule has 0 amide bonds. The van der Waals surface area contributed by atoms with E-state index in [4.69, 9.17) is 5.11 Å². The fourth-order valence-corrected chi connectivity index (χ4v) is 1.30. The van der Waals surface area contributed by atoms with Gasteiger partial charge in [0, 0.05) is 0 Å². The molecule has 1 aliphatic rings. The number of carboxylic acid groups (broad SMARTS) is 1. The molecule has 0 heterocycles. The molecule has 0 aromatic heterocycles. The smallest absolute Gasteiger partial charge is 0.317 e. The SMILES string of the molecule is CC1CCCCC1O.NCC(=O)O. The van der Waals surface area contributed by atoms with Gasteiger partial charge in [-0.05, 0) is 18.8 Å². The van der Waals surface area contributed by atoms with Crippen molar-refractivity contribution in [2.24, 2.45) is 11.7 Å².